The summed E-state index contributed by atoms with van der Waals surface area (Å²) in [6.45, 7) is 1.81. The fourth-order valence-electron chi connectivity index (χ4n) is 2.32. The smallest absolute Gasteiger partial charge is 0.303 e. The number of fused-ring (bicyclic) bond motifs is 1. The van der Waals surface area contributed by atoms with Crippen LogP contribution in [0, 0.1) is 17.0 Å². The third-order valence-corrected chi connectivity index (χ3v) is 4.00. The number of aromatic amines is 1. The summed E-state index contributed by atoms with van der Waals surface area (Å²) >= 11 is 1.49. The number of thioether (sulfide) groups is 1. The molecule has 0 spiro atoms. The van der Waals surface area contributed by atoms with E-state index in [2.05, 4.69) is 4.98 Å². The fourth-order valence-corrected chi connectivity index (χ4v) is 2.88. The molecule has 7 heteroatoms. The lowest BCUT2D eigenvalue weighted by Gasteiger charge is -2.02. The Hall–Kier alpha value is -2.02. The van der Waals surface area contributed by atoms with Crippen LogP contribution in [0.25, 0.3) is 10.9 Å². The summed E-state index contributed by atoms with van der Waals surface area (Å²) in [4.78, 5) is 25.6. The summed E-state index contributed by atoms with van der Waals surface area (Å²) < 4.78 is 0. The summed E-state index contributed by atoms with van der Waals surface area (Å²) in [6.07, 6.45) is 2.13. The molecule has 0 saturated heterocycles. The van der Waals surface area contributed by atoms with Gasteiger partial charge in [-0.2, -0.15) is 0 Å². The van der Waals surface area contributed by atoms with Crippen LogP contribution < -0.4 is 0 Å². The van der Waals surface area contributed by atoms with Crippen molar-refractivity contribution < 1.29 is 14.8 Å². The van der Waals surface area contributed by atoms with Gasteiger partial charge >= 0.3 is 5.97 Å². The molecule has 0 aliphatic carbocycles. The average molecular weight is 294 g/mol. The maximum absolute atomic E-state index is 11.2. The molecule has 0 bridgehead atoms. The molecule has 0 aliphatic rings. The quantitative estimate of drug-likeness (QED) is 0.501. The first-order chi connectivity index (χ1) is 9.45. The number of nitrogens with one attached hydrogen (secondary N) is 1. The van der Waals surface area contributed by atoms with Crippen molar-refractivity contribution in [3.05, 3.63) is 33.5 Å². The number of aryl methyl sites for hydroxylation is 2. The minimum Gasteiger partial charge on any atom is -0.481 e. The van der Waals surface area contributed by atoms with Gasteiger partial charge in [0.25, 0.3) is 5.69 Å². The highest BCUT2D eigenvalue weighted by molar-refractivity contribution is 7.98. The van der Waals surface area contributed by atoms with Gasteiger partial charge in [0, 0.05) is 23.1 Å². The van der Waals surface area contributed by atoms with Gasteiger partial charge < -0.3 is 10.1 Å². The number of aliphatic carboxylic acids is 1. The molecule has 0 unspecified atom stereocenters. The van der Waals surface area contributed by atoms with E-state index in [1.54, 1.807) is 6.07 Å². The minimum atomic E-state index is -0.914. The molecule has 1 aromatic carbocycles. The lowest BCUT2D eigenvalue weighted by atomic mass is 10.0. The number of carboxylic acid groups (broad SMARTS) is 1. The highest BCUT2D eigenvalue weighted by Gasteiger charge is 2.21. The number of nitrogens with zero attached hydrogens (tertiary/aromatic N) is 1. The van der Waals surface area contributed by atoms with Gasteiger partial charge in [-0.3, -0.25) is 14.9 Å². The monoisotopic (exact) mass is 294 g/mol. The molecule has 106 valence electrons. The van der Waals surface area contributed by atoms with Gasteiger partial charge in [-0.1, -0.05) is 0 Å². The Morgan fingerprint density at radius 1 is 1.50 bits per heavy atom. The number of non-ortho nitro benzene ring substituents is 1. The Bertz CT molecular complexity index is 693. The van der Waals surface area contributed by atoms with Crippen molar-refractivity contribution in [3.63, 3.8) is 0 Å². The van der Waals surface area contributed by atoms with E-state index in [0.29, 0.717) is 16.5 Å². The molecule has 2 aromatic rings. The first-order valence-corrected chi connectivity index (χ1v) is 7.22. The van der Waals surface area contributed by atoms with Crippen LogP contribution in [0.2, 0.25) is 0 Å². The van der Waals surface area contributed by atoms with Gasteiger partial charge in [-0.25, -0.2) is 0 Å². The first-order valence-electron chi connectivity index (χ1n) is 6.00. The third kappa shape index (κ3) is 2.49. The third-order valence-electron chi connectivity index (χ3n) is 3.22. The molecule has 0 fully saturated rings. The fraction of sp³-hybridized carbons (Fsp3) is 0.308. The second kappa shape index (κ2) is 5.54. The van der Waals surface area contributed by atoms with Gasteiger partial charge in [0.2, 0.25) is 0 Å². The zero-order chi connectivity index (χ0) is 14.9. The van der Waals surface area contributed by atoms with Crippen LogP contribution in [0.1, 0.15) is 17.7 Å². The van der Waals surface area contributed by atoms with E-state index in [1.807, 2.05) is 13.2 Å². The number of rotatable bonds is 5. The van der Waals surface area contributed by atoms with Crippen molar-refractivity contribution in [2.24, 2.45) is 0 Å². The topological polar surface area (TPSA) is 96.2 Å². The number of hydrogen-bond donors (Lipinski definition) is 2. The molecule has 1 heterocycles. The maximum Gasteiger partial charge on any atom is 0.303 e. The lowest BCUT2D eigenvalue weighted by molar-refractivity contribution is -0.383. The van der Waals surface area contributed by atoms with E-state index >= 15 is 0 Å². The molecule has 0 radical (unpaired) electrons. The van der Waals surface area contributed by atoms with Gasteiger partial charge in [0.05, 0.1) is 15.8 Å². The molecule has 0 atom stereocenters. The van der Waals surface area contributed by atoms with E-state index in [0.717, 1.165) is 10.6 Å². The molecule has 2 rings (SSSR count). The Morgan fingerprint density at radius 2 is 2.20 bits per heavy atom. The number of nitro benzene ring substituents is 1. The van der Waals surface area contributed by atoms with Gasteiger partial charge in [0.15, 0.2) is 0 Å². The number of carbonyl (C=O) groups is 1. The first kappa shape index (κ1) is 14.4. The number of aromatic nitrogens is 1. The second-order valence-electron chi connectivity index (χ2n) is 4.42. The predicted octanol–water partition coefficient (Wildman–Crippen LogP) is 3.12. The standard InChI is InChI=1S/C13H14N2O4S/c1-7-8(3-6-11(16)17)12-9(15(18)19)4-5-10(20-2)13(12)14-7/h4-5,14H,3,6H2,1-2H3,(H,16,17). The molecule has 2 N–H and O–H groups in total. The highest BCUT2D eigenvalue weighted by Crippen LogP contribution is 2.36. The summed E-state index contributed by atoms with van der Waals surface area (Å²) in [7, 11) is 0. The van der Waals surface area contributed by atoms with Gasteiger partial charge in [-0.15, -0.1) is 11.8 Å². The highest BCUT2D eigenvalue weighted by atomic mass is 32.2. The molecule has 1 aromatic heterocycles. The van der Waals surface area contributed by atoms with Crippen LogP contribution in [0.3, 0.4) is 0 Å². The molecular formula is C13H14N2O4S. The zero-order valence-electron chi connectivity index (χ0n) is 11.1. The number of carboxylic acids is 1. The maximum atomic E-state index is 11.2. The molecule has 0 saturated carbocycles. The Morgan fingerprint density at radius 3 is 2.75 bits per heavy atom. The van der Waals surface area contributed by atoms with Crippen LogP contribution in [-0.2, 0) is 11.2 Å². The van der Waals surface area contributed by atoms with Gasteiger partial charge in [0.1, 0.15) is 0 Å². The molecule has 0 amide bonds. The Balaban J connectivity index is 2.69. The van der Waals surface area contributed by atoms with Crippen molar-refractivity contribution in [2.45, 2.75) is 24.7 Å². The Kier molecular flexibility index (Phi) is 3.99. The largest absolute Gasteiger partial charge is 0.481 e. The second-order valence-corrected chi connectivity index (χ2v) is 5.26. The van der Waals surface area contributed by atoms with Crippen molar-refractivity contribution in [2.75, 3.05) is 6.26 Å². The van der Waals surface area contributed by atoms with Crippen LogP contribution in [0.5, 0.6) is 0 Å². The number of hydrogen-bond acceptors (Lipinski definition) is 4. The lowest BCUT2D eigenvalue weighted by Crippen LogP contribution is -1.99. The summed E-state index contributed by atoms with van der Waals surface area (Å²) in [5.41, 5.74) is 2.22. The van der Waals surface area contributed by atoms with E-state index < -0.39 is 10.9 Å². The van der Waals surface area contributed by atoms with E-state index in [9.17, 15) is 14.9 Å². The number of benzene rings is 1. The van der Waals surface area contributed by atoms with Crippen LogP contribution >= 0.6 is 11.8 Å². The van der Waals surface area contributed by atoms with Crippen LogP contribution in [0.15, 0.2) is 17.0 Å². The number of H-pyrrole nitrogens is 1. The normalized spacial score (nSPS) is 10.9. The SMILES string of the molecule is CSc1ccc([N+](=O)[O-])c2c(CCC(=O)O)c(C)[nH]c12. The molecule has 0 aliphatic heterocycles. The summed E-state index contributed by atoms with van der Waals surface area (Å²) in [5.74, 6) is -0.914. The van der Waals surface area contributed by atoms with Crippen LogP contribution in [-0.4, -0.2) is 27.2 Å². The minimum absolute atomic E-state index is 0.0162. The van der Waals surface area contributed by atoms with Crippen molar-refractivity contribution in [1.29, 1.82) is 0 Å². The van der Waals surface area contributed by atoms with Gasteiger partial charge in [-0.05, 0) is 31.2 Å². The summed E-state index contributed by atoms with van der Waals surface area (Å²) in [5, 5.41) is 20.5. The van der Waals surface area contributed by atoms with E-state index in [4.69, 9.17) is 5.11 Å². The zero-order valence-corrected chi connectivity index (χ0v) is 11.9. The van der Waals surface area contributed by atoms with E-state index in [1.165, 1.54) is 17.8 Å². The average Bonchev–Trinajstić information content (AvgIpc) is 2.71. The number of nitro groups is 1. The molecule has 6 nitrogen and oxygen atoms in total. The van der Waals surface area contributed by atoms with Crippen molar-refractivity contribution in [3.8, 4) is 0 Å². The Labute approximate surface area is 119 Å². The molecule has 20 heavy (non-hydrogen) atoms. The van der Waals surface area contributed by atoms with E-state index in [-0.39, 0.29) is 18.5 Å². The molecular weight excluding hydrogens is 280 g/mol. The van der Waals surface area contributed by atoms with Crippen molar-refractivity contribution >= 4 is 34.3 Å². The predicted molar refractivity (Wildman–Crippen MR) is 77.4 cm³/mol. The summed E-state index contributed by atoms with van der Waals surface area (Å²) in [6, 6.07) is 3.19. The van der Waals surface area contributed by atoms with Crippen molar-refractivity contribution in [1.82, 2.24) is 4.98 Å². The van der Waals surface area contributed by atoms with Crippen LogP contribution in [0.4, 0.5) is 5.69 Å².